The first-order valence-corrected chi connectivity index (χ1v) is 8.58. The second-order valence-corrected chi connectivity index (χ2v) is 6.57. The molecular formula is C17H20N6O3. The van der Waals surface area contributed by atoms with Gasteiger partial charge in [0.25, 0.3) is 5.91 Å². The van der Waals surface area contributed by atoms with Crippen molar-refractivity contribution >= 4 is 28.7 Å². The maximum absolute atomic E-state index is 12.8. The zero-order chi connectivity index (χ0) is 18.3. The Morgan fingerprint density at radius 3 is 2.62 bits per heavy atom. The smallest absolute Gasteiger partial charge is 0.325 e. The lowest BCUT2D eigenvalue weighted by molar-refractivity contribution is -0.130. The molecule has 0 spiro atoms. The molecule has 2 aliphatic heterocycles. The van der Waals surface area contributed by atoms with Gasteiger partial charge in [0.15, 0.2) is 5.69 Å². The molecule has 2 fully saturated rings. The van der Waals surface area contributed by atoms with E-state index in [1.165, 1.54) is 7.05 Å². The van der Waals surface area contributed by atoms with Crippen molar-refractivity contribution in [3.05, 3.63) is 30.0 Å². The zero-order valence-corrected chi connectivity index (χ0v) is 14.4. The van der Waals surface area contributed by atoms with E-state index in [2.05, 4.69) is 15.5 Å². The molecule has 2 aromatic rings. The Labute approximate surface area is 149 Å². The molecule has 9 heteroatoms. The van der Waals surface area contributed by atoms with Crippen LogP contribution in [0.1, 0.15) is 16.9 Å². The normalized spacial score (nSPS) is 22.0. The molecule has 3 heterocycles. The number of fused-ring (bicyclic) bond motifs is 1. The van der Waals surface area contributed by atoms with E-state index < -0.39 is 0 Å². The molecule has 2 aliphatic rings. The van der Waals surface area contributed by atoms with Crippen molar-refractivity contribution in [2.24, 2.45) is 0 Å². The minimum Gasteiger partial charge on any atom is -0.335 e. The zero-order valence-electron chi connectivity index (χ0n) is 14.4. The quantitative estimate of drug-likeness (QED) is 0.801. The number of hydrogen-bond donors (Lipinski definition) is 2. The van der Waals surface area contributed by atoms with Crippen molar-refractivity contribution in [3.8, 4) is 0 Å². The molecule has 4 amide bonds. The summed E-state index contributed by atoms with van der Waals surface area (Å²) in [5.41, 5.74) is 1.26. The van der Waals surface area contributed by atoms with Gasteiger partial charge in [-0.1, -0.05) is 18.2 Å². The minimum absolute atomic E-state index is 0.106. The number of carbonyl (C=O) groups is 3. The molecule has 1 atom stereocenters. The van der Waals surface area contributed by atoms with Crippen LogP contribution in [-0.2, 0) is 4.79 Å². The van der Waals surface area contributed by atoms with E-state index in [0.717, 1.165) is 15.8 Å². The van der Waals surface area contributed by atoms with Crippen LogP contribution in [0.3, 0.4) is 0 Å². The summed E-state index contributed by atoms with van der Waals surface area (Å²) in [6.45, 7) is 2.24. The van der Waals surface area contributed by atoms with Gasteiger partial charge in [-0.15, -0.1) is 0 Å². The second-order valence-electron chi connectivity index (χ2n) is 6.57. The number of benzene rings is 1. The molecule has 1 aromatic heterocycles. The molecular weight excluding hydrogens is 336 g/mol. The number of aromatic amines is 1. The third-order valence-electron chi connectivity index (χ3n) is 5.05. The van der Waals surface area contributed by atoms with Crippen LogP contribution in [0.2, 0.25) is 0 Å². The average molecular weight is 356 g/mol. The lowest BCUT2D eigenvalue weighted by Crippen LogP contribution is -2.62. The highest BCUT2D eigenvalue weighted by Gasteiger charge is 2.35. The Morgan fingerprint density at radius 2 is 1.88 bits per heavy atom. The molecule has 1 unspecified atom stereocenters. The van der Waals surface area contributed by atoms with Gasteiger partial charge in [0.2, 0.25) is 5.91 Å². The van der Waals surface area contributed by atoms with Crippen molar-refractivity contribution in [2.45, 2.75) is 12.6 Å². The Bertz CT molecular complexity index is 852. The topological polar surface area (TPSA) is 102 Å². The SMILES string of the molecule is CN1C(=O)CC(N2CCN(C(=O)c3n[nH]c4ccccc34)CC2)NC1=O. The number of H-pyrrole nitrogens is 1. The Balaban J connectivity index is 1.41. The second kappa shape index (κ2) is 6.41. The van der Waals surface area contributed by atoms with E-state index in [9.17, 15) is 14.4 Å². The highest BCUT2D eigenvalue weighted by atomic mass is 16.2. The lowest BCUT2D eigenvalue weighted by atomic mass is 10.1. The molecule has 136 valence electrons. The number of rotatable bonds is 2. The molecule has 0 radical (unpaired) electrons. The number of nitrogens with zero attached hydrogens (tertiary/aromatic N) is 4. The summed E-state index contributed by atoms with van der Waals surface area (Å²) in [6, 6.07) is 7.16. The minimum atomic E-state index is -0.382. The van der Waals surface area contributed by atoms with Gasteiger partial charge in [0.05, 0.1) is 18.1 Å². The summed E-state index contributed by atoms with van der Waals surface area (Å²) >= 11 is 0. The third kappa shape index (κ3) is 2.80. The van der Waals surface area contributed by atoms with Gasteiger partial charge in [0, 0.05) is 38.6 Å². The number of aromatic nitrogens is 2. The maximum atomic E-state index is 12.8. The number of imide groups is 1. The molecule has 26 heavy (non-hydrogen) atoms. The first-order chi connectivity index (χ1) is 12.5. The van der Waals surface area contributed by atoms with Gasteiger partial charge < -0.3 is 10.2 Å². The number of para-hydroxylation sites is 1. The number of nitrogens with one attached hydrogen (secondary N) is 2. The van der Waals surface area contributed by atoms with Gasteiger partial charge in [-0.25, -0.2) is 4.79 Å². The van der Waals surface area contributed by atoms with Gasteiger partial charge in [-0.05, 0) is 6.07 Å². The van der Waals surface area contributed by atoms with Crippen molar-refractivity contribution in [3.63, 3.8) is 0 Å². The molecule has 2 N–H and O–H groups in total. The fraction of sp³-hybridized carbons (Fsp3) is 0.412. The molecule has 2 saturated heterocycles. The van der Waals surface area contributed by atoms with E-state index in [4.69, 9.17) is 0 Å². The van der Waals surface area contributed by atoms with Crippen LogP contribution in [0, 0.1) is 0 Å². The van der Waals surface area contributed by atoms with Crippen LogP contribution in [0.15, 0.2) is 24.3 Å². The van der Waals surface area contributed by atoms with Gasteiger partial charge in [-0.2, -0.15) is 5.10 Å². The first kappa shape index (κ1) is 16.5. The summed E-state index contributed by atoms with van der Waals surface area (Å²) in [5.74, 6) is -0.300. The molecule has 4 rings (SSSR count). The Morgan fingerprint density at radius 1 is 1.15 bits per heavy atom. The van der Waals surface area contributed by atoms with Crippen LogP contribution in [0.5, 0.6) is 0 Å². The molecule has 0 bridgehead atoms. The highest BCUT2D eigenvalue weighted by molar-refractivity contribution is 6.04. The summed E-state index contributed by atoms with van der Waals surface area (Å²) in [7, 11) is 1.47. The third-order valence-corrected chi connectivity index (χ3v) is 5.05. The predicted octanol–water partition coefficient (Wildman–Crippen LogP) is 0.218. The van der Waals surface area contributed by atoms with Crippen LogP contribution < -0.4 is 5.32 Å². The number of carbonyl (C=O) groups excluding carboxylic acids is 3. The number of piperazine rings is 1. The van der Waals surface area contributed by atoms with Gasteiger partial charge in [0.1, 0.15) is 0 Å². The monoisotopic (exact) mass is 356 g/mol. The number of urea groups is 1. The predicted molar refractivity (Wildman–Crippen MR) is 93.3 cm³/mol. The van der Waals surface area contributed by atoms with E-state index in [1.807, 2.05) is 29.2 Å². The van der Waals surface area contributed by atoms with Gasteiger partial charge >= 0.3 is 6.03 Å². The summed E-state index contributed by atoms with van der Waals surface area (Å²) in [4.78, 5) is 41.4. The van der Waals surface area contributed by atoms with Crippen molar-refractivity contribution in [1.82, 2.24) is 30.2 Å². The van der Waals surface area contributed by atoms with E-state index in [1.54, 1.807) is 4.90 Å². The summed E-state index contributed by atoms with van der Waals surface area (Å²) in [6.07, 6.45) is -0.0603. The van der Waals surface area contributed by atoms with Crippen LogP contribution in [-0.4, -0.2) is 82.1 Å². The number of amides is 4. The average Bonchev–Trinajstić information content (AvgIpc) is 3.09. The molecule has 9 nitrogen and oxygen atoms in total. The van der Waals surface area contributed by atoms with Crippen molar-refractivity contribution in [2.75, 3.05) is 33.2 Å². The van der Waals surface area contributed by atoms with Crippen molar-refractivity contribution in [1.29, 1.82) is 0 Å². The molecule has 0 saturated carbocycles. The van der Waals surface area contributed by atoms with E-state index in [-0.39, 0.29) is 30.4 Å². The summed E-state index contributed by atoms with van der Waals surface area (Å²) in [5, 5.41) is 10.7. The number of hydrogen-bond acceptors (Lipinski definition) is 5. The fourth-order valence-electron chi connectivity index (χ4n) is 3.44. The van der Waals surface area contributed by atoms with E-state index in [0.29, 0.717) is 31.9 Å². The van der Waals surface area contributed by atoms with Crippen LogP contribution in [0.25, 0.3) is 10.9 Å². The van der Waals surface area contributed by atoms with Crippen LogP contribution in [0.4, 0.5) is 4.79 Å². The highest BCUT2D eigenvalue weighted by Crippen LogP contribution is 2.19. The largest absolute Gasteiger partial charge is 0.335 e. The molecule has 1 aromatic carbocycles. The maximum Gasteiger partial charge on any atom is 0.325 e. The molecule has 0 aliphatic carbocycles. The standard InChI is InChI=1S/C17H20N6O3/c1-21-14(24)10-13(18-17(21)26)22-6-8-23(9-7-22)16(25)15-11-4-2-3-5-12(11)19-20-15/h2-5,13H,6-10H2,1H3,(H,18,26)(H,19,20). The lowest BCUT2D eigenvalue weighted by Gasteiger charge is -2.41. The fourth-order valence-corrected chi connectivity index (χ4v) is 3.44. The summed E-state index contributed by atoms with van der Waals surface area (Å²) < 4.78 is 0. The Hall–Kier alpha value is -2.94. The Kier molecular flexibility index (Phi) is 4.08. The van der Waals surface area contributed by atoms with Crippen LogP contribution >= 0.6 is 0 Å². The van der Waals surface area contributed by atoms with E-state index >= 15 is 0 Å². The van der Waals surface area contributed by atoms with Crippen molar-refractivity contribution < 1.29 is 14.4 Å². The first-order valence-electron chi connectivity index (χ1n) is 8.58. The van der Waals surface area contributed by atoms with Gasteiger partial charge in [-0.3, -0.25) is 24.5 Å².